The molecule has 2 rings (SSSR count). The zero-order chi connectivity index (χ0) is 13.8. The van der Waals surface area contributed by atoms with E-state index < -0.39 is 0 Å². The van der Waals surface area contributed by atoms with Gasteiger partial charge in [0.25, 0.3) is 0 Å². The normalized spacial score (nSPS) is 22.2. The number of hydrogen-bond donors (Lipinski definition) is 1. The monoisotopic (exact) mass is 268 g/mol. The molecule has 1 saturated heterocycles. The van der Waals surface area contributed by atoms with Crippen LogP contribution in [0.1, 0.15) is 12.5 Å². The van der Waals surface area contributed by atoms with Crippen LogP contribution < -0.4 is 10.5 Å². The quantitative estimate of drug-likeness (QED) is 0.896. The van der Waals surface area contributed by atoms with Gasteiger partial charge in [-0.2, -0.15) is 0 Å². The van der Waals surface area contributed by atoms with Gasteiger partial charge in [-0.15, -0.1) is 0 Å². The number of ether oxygens (including phenoxy) is 2. The molecule has 106 valence electrons. The first-order valence-electron chi connectivity index (χ1n) is 6.52. The zero-order valence-corrected chi connectivity index (χ0v) is 11.4. The molecule has 1 aromatic rings. The summed E-state index contributed by atoms with van der Waals surface area (Å²) < 4.78 is 24.1. The Hall–Kier alpha value is -1.17. The smallest absolute Gasteiger partial charge is 0.165 e. The Morgan fingerprint density at radius 2 is 2.37 bits per heavy atom. The van der Waals surface area contributed by atoms with Crippen LogP contribution in [0.2, 0.25) is 0 Å². The fourth-order valence-corrected chi connectivity index (χ4v) is 2.26. The van der Waals surface area contributed by atoms with Gasteiger partial charge in [0.2, 0.25) is 0 Å². The maximum atomic E-state index is 13.6. The van der Waals surface area contributed by atoms with E-state index in [0.717, 1.165) is 18.7 Å². The van der Waals surface area contributed by atoms with Gasteiger partial charge < -0.3 is 15.2 Å². The largest absolute Gasteiger partial charge is 0.494 e. The topological polar surface area (TPSA) is 47.7 Å². The van der Waals surface area contributed by atoms with E-state index in [-0.39, 0.29) is 23.7 Å². The van der Waals surface area contributed by atoms with Crippen molar-refractivity contribution in [2.24, 2.45) is 5.73 Å². The molecular weight excluding hydrogens is 247 g/mol. The summed E-state index contributed by atoms with van der Waals surface area (Å²) >= 11 is 0. The first-order valence-corrected chi connectivity index (χ1v) is 6.52. The second kappa shape index (κ2) is 6.32. The number of methoxy groups -OCH3 is 1. The third kappa shape index (κ3) is 3.65. The van der Waals surface area contributed by atoms with Gasteiger partial charge in [-0.05, 0) is 24.6 Å². The highest BCUT2D eigenvalue weighted by Crippen LogP contribution is 2.19. The van der Waals surface area contributed by atoms with Crippen molar-refractivity contribution in [2.45, 2.75) is 25.6 Å². The van der Waals surface area contributed by atoms with Crippen molar-refractivity contribution in [3.63, 3.8) is 0 Å². The molecule has 19 heavy (non-hydrogen) atoms. The van der Waals surface area contributed by atoms with Crippen molar-refractivity contribution < 1.29 is 13.9 Å². The Morgan fingerprint density at radius 1 is 1.58 bits per heavy atom. The Bertz CT molecular complexity index is 426. The standard InChI is InChI=1S/C14H21FN2O2/c1-10(16)14-9-17(5-6-19-14)8-11-3-4-13(18-2)12(15)7-11/h3-4,7,10,14H,5-6,8-9,16H2,1-2H3. The lowest BCUT2D eigenvalue weighted by molar-refractivity contribution is -0.0403. The molecule has 0 bridgehead atoms. The second-order valence-electron chi connectivity index (χ2n) is 4.97. The minimum Gasteiger partial charge on any atom is -0.494 e. The molecule has 0 saturated carbocycles. The molecule has 1 aliphatic rings. The Labute approximate surface area is 113 Å². The number of nitrogens with zero attached hydrogens (tertiary/aromatic N) is 1. The van der Waals surface area contributed by atoms with Gasteiger partial charge >= 0.3 is 0 Å². The summed E-state index contributed by atoms with van der Waals surface area (Å²) in [6, 6.07) is 5.08. The second-order valence-corrected chi connectivity index (χ2v) is 4.97. The van der Waals surface area contributed by atoms with Crippen LogP contribution >= 0.6 is 0 Å². The van der Waals surface area contributed by atoms with E-state index in [1.165, 1.54) is 13.2 Å². The maximum Gasteiger partial charge on any atom is 0.165 e. The van der Waals surface area contributed by atoms with E-state index in [1.54, 1.807) is 6.07 Å². The predicted molar refractivity (Wildman–Crippen MR) is 71.6 cm³/mol. The van der Waals surface area contributed by atoms with Crippen molar-refractivity contribution in [3.8, 4) is 5.75 Å². The van der Waals surface area contributed by atoms with Crippen LogP contribution in [0, 0.1) is 5.82 Å². The van der Waals surface area contributed by atoms with Gasteiger partial charge in [-0.1, -0.05) is 6.07 Å². The molecule has 0 spiro atoms. The lowest BCUT2D eigenvalue weighted by Crippen LogP contribution is -2.49. The lowest BCUT2D eigenvalue weighted by Gasteiger charge is -2.34. The minimum atomic E-state index is -0.322. The van der Waals surface area contributed by atoms with Crippen LogP contribution in [-0.4, -0.2) is 43.9 Å². The van der Waals surface area contributed by atoms with Gasteiger partial charge in [-0.3, -0.25) is 4.90 Å². The van der Waals surface area contributed by atoms with Crippen LogP contribution in [0.3, 0.4) is 0 Å². The molecule has 2 atom stereocenters. The molecule has 5 heteroatoms. The molecule has 2 N–H and O–H groups in total. The molecule has 0 radical (unpaired) electrons. The van der Waals surface area contributed by atoms with E-state index in [2.05, 4.69) is 4.90 Å². The molecule has 1 heterocycles. The fourth-order valence-electron chi connectivity index (χ4n) is 2.26. The van der Waals surface area contributed by atoms with Gasteiger partial charge in [0.05, 0.1) is 19.8 Å². The molecule has 1 fully saturated rings. The van der Waals surface area contributed by atoms with Crippen molar-refractivity contribution in [2.75, 3.05) is 26.8 Å². The summed E-state index contributed by atoms with van der Waals surface area (Å²) in [6.07, 6.45) is 0.0526. The molecule has 1 aliphatic heterocycles. The highest BCUT2D eigenvalue weighted by atomic mass is 19.1. The van der Waals surface area contributed by atoms with Gasteiger partial charge in [0.15, 0.2) is 11.6 Å². The summed E-state index contributed by atoms with van der Waals surface area (Å²) in [6.45, 7) is 4.95. The Morgan fingerprint density at radius 3 is 3.00 bits per heavy atom. The molecule has 4 nitrogen and oxygen atoms in total. The maximum absolute atomic E-state index is 13.6. The zero-order valence-electron chi connectivity index (χ0n) is 11.4. The third-order valence-corrected chi connectivity index (χ3v) is 3.39. The van der Waals surface area contributed by atoms with E-state index in [0.29, 0.717) is 13.2 Å². The van der Waals surface area contributed by atoms with Gasteiger partial charge in [0.1, 0.15) is 0 Å². The van der Waals surface area contributed by atoms with Gasteiger partial charge in [0, 0.05) is 25.7 Å². The number of nitrogens with two attached hydrogens (primary N) is 1. The van der Waals surface area contributed by atoms with Gasteiger partial charge in [-0.25, -0.2) is 4.39 Å². The number of morpholine rings is 1. The Kier molecular flexibility index (Phi) is 4.74. The molecule has 0 amide bonds. The van der Waals surface area contributed by atoms with Crippen LogP contribution in [0.15, 0.2) is 18.2 Å². The molecule has 1 aromatic carbocycles. The fraction of sp³-hybridized carbons (Fsp3) is 0.571. The Balaban J connectivity index is 1.98. The molecule has 0 aromatic heterocycles. The summed E-state index contributed by atoms with van der Waals surface area (Å²) in [5, 5.41) is 0. The summed E-state index contributed by atoms with van der Waals surface area (Å²) in [7, 11) is 1.47. The lowest BCUT2D eigenvalue weighted by atomic mass is 10.1. The summed E-state index contributed by atoms with van der Waals surface area (Å²) in [5.74, 6) is -0.0452. The van der Waals surface area contributed by atoms with Crippen molar-refractivity contribution in [1.29, 1.82) is 0 Å². The highest BCUT2D eigenvalue weighted by molar-refractivity contribution is 5.29. The van der Waals surface area contributed by atoms with Crippen molar-refractivity contribution in [1.82, 2.24) is 4.90 Å². The van der Waals surface area contributed by atoms with E-state index in [9.17, 15) is 4.39 Å². The van der Waals surface area contributed by atoms with Crippen LogP contribution in [-0.2, 0) is 11.3 Å². The van der Waals surface area contributed by atoms with Crippen LogP contribution in [0.25, 0.3) is 0 Å². The number of rotatable bonds is 4. The molecule has 0 aliphatic carbocycles. The van der Waals surface area contributed by atoms with E-state index in [1.807, 2.05) is 13.0 Å². The minimum absolute atomic E-state index is 0.00963. The first-order chi connectivity index (χ1) is 9.10. The van der Waals surface area contributed by atoms with E-state index >= 15 is 0 Å². The number of benzene rings is 1. The number of hydrogen-bond acceptors (Lipinski definition) is 4. The summed E-state index contributed by atoms with van der Waals surface area (Å²) in [4.78, 5) is 2.23. The predicted octanol–water partition coefficient (Wildman–Crippen LogP) is 1.38. The third-order valence-electron chi connectivity index (χ3n) is 3.39. The molecular formula is C14H21FN2O2. The van der Waals surface area contributed by atoms with Crippen LogP contribution in [0.4, 0.5) is 4.39 Å². The average molecular weight is 268 g/mol. The first kappa shape index (κ1) is 14.2. The number of halogens is 1. The summed E-state index contributed by atoms with van der Waals surface area (Å²) in [5.41, 5.74) is 6.79. The van der Waals surface area contributed by atoms with Crippen molar-refractivity contribution >= 4 is 0 Å². The SMILES string of the molecule is COc1ccc(CN2CCOC(C(C)N)C2)cc1F. The highest BCUT2D eigenvalue weighted by Gasteiger charge is 2.23. The molecule has 2 unspecified atom stereocenters. The van der Waals surface area contributed by atoms with Crippen molar-refractivity contribution in [3.05, 3.63) is 29.6 Å². The van der Waals surface area contributed by atoms with E-state index in [4.69, 9.17) is 15.2 Å². The van der Waals surface area contributed by atoms with Crippen LogP contribution in [0.5, 0.6) is 5.75 Å². The average Bonchev–Trinajstić information content (AvgIpc) is 2.39.